The highest BCUT2D eigenvalue weighted by molar-refractivity contribution is 6.37. The maximum Gasteiger partial charge on any atom is 0.155 e. The van der Waals surface area contributed by atoms with Gasteiger partial charge in [-0.3, -0.25) is 4.79 Å². The lowest BCUT2D eigenvalue weighted by molar-refractivity contribution is -0.117. The van der Waals surface area contributed by atoms with Gasteiger partial charge < -0.3 is 5.11 Å². The van der Waals surface area contributed by atoms with E-state index in [0.717, 1.165) is 0 Å². The van der Waals surface area contributed by atoms with Crippen LogP contribution in [0.5, 0.6) is 0 Å². The van der Waals surface area contributed by atoms with E-state index in [1.165, 1.54) is 0 Å². The molecule has 0 spiro atoms. The summed E-state index contributed by atoms with van der Waals surface area (Å²) in [7, 11) is 1.67. The number of hydrogen-bond acceptors (Lipinski definition) is 2. The summed E-state index contributed by atoms with van der Waals surface area (Å²) in [6, 6.07) is 0. The molecule has 0 aromatic rings. The van der Waals surface area contributed by atoms with Crippen LogP contribution in [0.2, 0.25) is 0 Å². The third-order valence-electron chi connectivity index (χ3n) is 1.66. The summed E-state index contributed by atoms with van der Waals surface area (Å²) in [5.74, 6) is 0.219. The highest BCUT2D eigenvalue weighted by atomic mass is 16.3. The van der Waals surface area contributed by atoms with Crippen molar-refractivity contribution in [1.82, 2.24) is 0 Å². The third-order valence-corrected chi connectivity index (χ3v) is 1.66. The van der Waals surface area contributed by atoms with Crippen LogP contribution in [0.3, 0.4) is 0 Å². The Morgan fingerprint density at radius 3 is 2.27 bits per heavy atom. The second kappa shape index (κ2) is 4.22. The van der Waals surface area contributed by atoms with Gasteiger partial charge in [-0.2, -0.15) is 0 Å². The number of rotatable bonds is 3. The van der Waals surface area contributed by atoms with E-state index in [0.29, 0.717) is 11.9 Å². The minimum Gasteiger partial charge on any atom is -0.513 e. The fourth-order valence-corrected chi connectivity index (χ4v) is 0.840. The van der Waals surface area contributed by atoms with Crippen molar-refractivity contribution >= 4 is 13.6 Å². The molecular weight excluding hydrogens is 139 g/mol. The Kier molecular flexibility index (Phi) is 3.94. The van der Waals surface area contributed by atoms with Gasteiger partial charge in [0.05, 0.1) is 5.76 Å². The van der Waals surface area contributed by atoms with Gasteiger partial charge in [0, 0.05) is 12.3 Å². The fraction of sp³-hybridized carbons (Fsp3) is 0.625. The molecule has 1 N–H and O–H groups in total. The summed E-state index contributed by atoms with van der Waals surface area (Å²) < 4.78 is 0. The van der Waals surface area contributed by atoms with E-state index in [9.17, 15) is 9.90 Å². The Morgan fingerprint density at radius 1 is 1.55 bits per heavy atom. The number of aliphatic hydroxyl groups excluding tert-OH is 1. The molecular formula is C8H15BO2. The summed E-state index contributed by atoms with van der Waals surface area (Å²) in [5, 5.41) is 9.20. The smallest absolute Gasteiger partial charge is 0.155 e. The quantitative estimate of drug-likeness (QED) is 0.374. The number of Topliss-reactive ketones (excluding diaryl/α,β-unsaturated/α-hetero) is 1. The van der Waals surface area contributed by atoms with E-state index < -0.39 is 0 Å². The maximum absolute atomic E-state index is 11.2. The van der Waals surface area contributed by atoms with Crippen LogP contribution in [0.25, 0.3) is 0 Å². The molecule has 0 unspecified atom stereocenters. The van der Waals surface area contributed by atoms with Crippen molar-refractivity contribution in [2.45, 2.75) is 27.2 Å². The lowest BCUT2D eigenvalue weighted by Gasteiger charge is -2.05. The summed E-state index contributed by atoms with van der Waals surface area (Å²) in [6.07, 6.45) is 0.532. The zero-order valence-electron chi connectivity index (χ0n) is 7.64. The molecule has 0 amide bonds. The lowest BCUT2D eigenvalue weighted by Crippen LogP contribution is -2.12. The molecule has 62 valence electrons. The van der Waals surface area contributed by atoms with Gasteiger partial charge in [-0.15, -0.1) is 0 Å². The molecule has 2 nitrogen and oxygen atoms in total. The molecule has 0 radical (unpaired) electrons. The van der Waals surface area contributed by atoms with Crippen LogP contribution in [0.15, 0.2) is 11.2 Å². The summed E-state index contributed by atoms with van der Waals surface area (Å²) in [4.78, 5) is 11.2. The van der Waals surface area contributed by atoms with Crippen LogP contribution in [-0.4, -0.2) is 18.7 Å². The normalized spacial score (nSPS) is 13.1. The van der Waals surface area contributed by atoms with E-state index in [1.54, 1.807) is 7.85 Å². The number of carbonyl (C=O) groups is 1. The van der Waals surface area contributed by atoms with Crippen LogP contribution in [-0.2, 0) is 4.79 Å². The molecule has 0 fully saturated rings. The van der Waals surface area contributed by atoms with Crippen LogP contribution in [0.4, 0.5) is 0 Å². The van der Waals surface area contributed by atoms with Crippen LogP contribution < -0.4 is 0 Å². The second-order valence-electron chi connectivity index (χ2n) is 2.94. The molecule has 0 aromatic carbocycles. The first-order chi connectivity index (χ1) is 5.00. The molecule has 0 rings (SSSR count). The first kappa shape index (κ1) is 10.3. The zero-order chi connectivity index (χ0) is 9.02. The number of carbonyl (C=O) groups excluding carboxylic acids is 1. The molecule has 11 heavy (non-hydrogen) atoms. The number of aliphatic hydroxyl groups is 1. The number of allylic oxidation sites excluding steroid dienone is 2. The number of hydrogen-bond donors (Lipinski definition) is 1. The molecule has 0 aliphatic carbocycles. The van der Waals surface area contributed by atoms with Crippen LogP contribution in [0, 0.1) is 5.92 Å². The summed E-state index contributed by atoms with van der Waals surface area (Å²) in [6.45, 7) is 5.48. The van der Waals surface area contributed by atoms with E-state index >= 15 is 0 Å². The minimum atomic E-state index is -0.0244. The van der Waals surface area contributed by atoms with Crippen LogP contribution in [0.1, 0.15) is 27.2 Å². The van der Waals surface area contributed by atoms with E-state index in [2.05, 4.69) is 0 Å². The van der Waals surface area contributed by atoms with Crippen molar-refractivity contribution < 1.29 is 9.90 Å². The molecule has 0 aromatic heterocycles. The van der Waals surface area contributed by atoms with E-state index in [-0.39, 0.29) is 17.5 Å². The first-order valence-electron chi connectivity index (χ1n) is 3.93. The Balaban J connectivity index is 4.47. The van der Waals surface area contributed by atoms with Crippen molar-refractivity contribution in [2.75, 3.05) is 0 Å². The van der Waals surface area contributed by atoms with Crippen molar-refractivity contribution in [3.8, 4) is 0 Å². The largest absolute Gasteiger partial charge is 0.513 e. The average molecular weight is 154 g/mol. The van der Waals surface area contributed by atoms with Gasteiger partial charge in [-0.1, -0.05) is 20.8 Å². The topological polar surface area (TPSA) is 37.3 Å². The van der Waals surface area contributed by atoms with Gasteiger partial charge in [-0.05, 0) is 5.47 Å². The van der Waals surface area contributed by atoms with Gasteiger partial charge in [0.1, 0.15) is 7.85 Å². The van der Waals surface area contributed by atoms with Crippen LogP contribution >= 0.6 is 0 Å². The predicted octanol–water partition coefficient (Wildman–Crippen LogP) is 1.02. The van der Waals surface area contributed by atoms with Gasteiger partial charge in [0.25, 0.3) is 0 Å². The standard InChI is InChI=1S/C8H15BO2/c1-4-6(10)7(9)8(11)5(2)3/h5,10H,4,9H2,1-3H3/b7-6-. The molecule has 0 heterocycles. The van der Waals surface area contributed by atoms with Gasteiger partial charge in [0.2, 0.25) is 0 Å². The average Bonchev–Trinajstić information content (AvgIpc) is 2.00. The predicted molar refractivity (Wildman–Crippen MR) is 48.3 cm³/mol. The zero-order valence-corrected chi connectivity index (χ0v) is 7.64. The molecule has 0 saturated carbocycles. The van der Waals surface area contributed by atoms with E-state index in [4.69, 9.17) is 0 Å². The Hall–Kier alpha value is -0.725. The Labute approximate surface area is 68.7 Å². The van der Waals surface area contributed by atoms with Gasteiger partial charge >= 0.3 is 0 Å². The van der Waals surface area contributed by atoms with Crippen molar-refractivity contribution in [1.29, 1.82) is 0 Å². The summed E-state index contributed by atoms with van der Waals surface area (Å²) >= 11 is 0. The van der Waals surface area contributed by atoms with Gasteiger partial charge in [-0.25, -0.2) is 0 Å². The minimum absolute atomic E-state index is 0.0244. The highest BCUT2D eigenvalue weighted by Crippen LogP contribution is 2.08. The summed E-state index contributed by atoms with van der Waals surface area (Å²) in [5.41, 5.74) is 0.502. The SMILES string of the molecule is B/C(C(=O)C(C)C)=C(\O)CC. The monoisotopic (exact) mass is 154 g/mol. The van der Waals surface area contributed by atoms with Gasteiger partial charge in [0.15, 0.2) is 5.78 Å². The highest BCUT2D eigenvalue weighted by Gasteiger charge is 2.11. The fourth-order valence-electron chi connectivity index (χ4n) is 0.840. The Morgan fingerprint density at radius 2 is 2.00 bits per heavy atom. The van der Waals surface area contributed by atoms with Crippen molar-refractivity contribution in [3.05, 3.63) is 11.2 Å². The molecule has 0 bridgehead atoms. The van der Waals surface area contributed by atoms with E-state index in [1.807, 2.05) is 20.8 Å². The molecule has 3 heteroatoms. The number of ketones is 1. The molecule has 0 aliphatic heterocycles. The molecule has 0 aliphatic rings. The first-order valence-corrected chi connectivity index (χ1v) is 3.93. The maximum atomic E-state index is 11.2. The third kappa shape index (κ3) is 2.79. The lowest BCUT2D eigenvalue weighted by atomic mass is 9.85. The molecule has 0 atom stereocenters. The Bertz CT molecular complexity index is 183. The van der Waals surface area contributed by atoms with Crippen molar-refractivity contribution in [3.63, 3.8) is 0 Å². The van der Waals surface area contributed by atoms with Crippen molar-refractivity contribution in [2.24, 2.45) is 5.92 Å². The molecule has 0 saturated heterocycles. The second-order valence-corrected chi connectivity index (χ2v) is 2.94.